The first-order valence-electron chi connectivity index (χ1n) is 3.05. The number of pyridine rings is 1. The van der Waals surface area contributed by atoms with E-state index < -0.39 is 12.1 Å². The molecule has 0 spiro atoms. The van der Waals surface area contributed by atoms with Crippen LogP contribution in [0.1, 0.15) is 22.5 Å². The van der Waals surface area contributed by atoms with E-state index in [1.165, 1.54) is 12.1 Å². The molecule has 12 heavy (non-hydrogen) atoms. The summed E-state index contributed by atoms with van der Waals surface area (Å²) in [5.74, 6) is 0. The van der Waals surface area contributed by atoms with Gasteiger partial charge in [0, 0.05) is 5.56 Å². The Kier molecular flexibility index (Phi) is 2.70. The quantitative estimate of drug-likeness (QED) is 0.531. The highest BCUT2D eigenvalue weighted by molar-refractivity contribution is 6.29. The second-order valence-corrected chi connectivity index (χ2v) is 2.41. The van der Waals surface area contributed by atoms with Crippen LogP contribution >= 0.6 is 11.6 Å². The molecule has 0 amide bonds. The van der Waals surface area contributed by atoms with Crippen LogP contribution in [-0.2, 0) is 0 Å². The first kappa shape index (κ1) is 9.06. The van der Waals surface area contributed by atoms with Crippen LogP contribution < -0.4 is 0 Å². The molecule has 0 aliphatic carbocycles. The van der Waals surface area contributed by atoms with Crippen molar-refractivity contribution < 1.29 is 13.6 Å². The number of aromatic nitrogens is 1. The predicted molar refractivity (Wildman–Crippen MR) is 39.6 cm³/mol. The summed E-state index contributed by atoms with van der Waals surface area (Å²) in [4.78, 5) is 13.6. The number of halogens is 3. The van der Waals surface area contributed by atoms with Crippen molar-refractivity contribution in [2.75, 3.05) is 0 Å². The van der Waals surface area contributed by atoms with Crippen molar-refractivity contribution in [2.45, 2.75) is 6.43 Å². The van der Waals surface area contributed by atoms with E-state index in [0.29, 0.717) is 6.29 Å². The van der Waals surface area contributed by atoms with E-state index in [-0.39, 0.29) is 10.7 Å². The van der Waals surface area contributed by atoms with E-state index in [9.17, 15) is 13.6 Å². The lowest BCUT2D eigenvalue weighted by atomic mass is 10.2. The first-order chi connectivity index (χ1) is 5.65. The van der Waals surface area contributed by atoms with Crippen LogP contribution in [0.15, 0.2) is 12.1 Å². The highest BCUT2D eigenvalue weighted by atomic mass is 35.5. The Balaban J connectivity index is 3.21. The summed E-state index contributed by atoms with van der Waals surface area (Å²) in [5.41, 5.74) is -0.702. The van der Waals surface area contributed by atoms with E-state index in [1.807, 2.05) is 0 Å². The highest BCUT2D eigenvalue weighted by Crippen LogP contribution is 2.21. The predicted octanol–water partition coefficient (Wildman–Crippen LogP) is 2.49. The van der Waals surface area contributed by atoms with Crippen molar-refractivity contribution in [1.82, 2.24) is 4.98 Å². The number of carbonyl (C=O) groups is 1. The van der Waals surface area contributed by atoms with Crippen molar-refractivity contribution in [3.8, 4) is 0 Å². The fourth-order valence-electron chi connectivity index (χ4n) is 0.735. The fourth-order valence-corrected chi connectivity index (χ4v) is 0.889. The van der Waals surface area contributed by atoms with Gasteiger partial charge in [0.15, 0.2) is 6.29 Å². The largest absolute Gasteiger partial charge is 0.298 e. The second-order valence-electron chi connectivity index (χ2n) is 2.03. The van der Waals surface area contributed by atoms with Gasteiger partial charge < -0.3 is 0 Å². The Morgan fingerprint density at radius 3 is 2.67 bits per heavy atom. The molecular weight excluding hydrogens is 188 g/mol. The van der Waals surface area contributed by atoms with Crippen LogP contribution in [0.3, 0.4) is 0 Å². The molecule has 0 saturated carbocycles. The number of hydrogen-bond acceptors (Lipinski definition) is 2. The minimum Gasteiger partial charge on any atom is -0.298 e. The fraction of sp³-hybridized carbons (Fsp3) is 0.143. The zero-order valence-electron chi connectivity index (χ0n) is 5.80. The number of carbonyl (C=O) groups excluding carboxylic acids is 1. The van der Waals surface area contributed by atoms with Crippen molar-refractivity contribution in [3.63, 3.8) is 0 Å². The Morgan fingerprint density at radius 1 is 1.50 bits per heavy atom. The van der Waals surface area contributed by atoms with Crippen LogP contribution in [0.4, 0.5) is 8.78 Å². The molecule has 0 atom stereocenters. The topological polar surface area (TPSA) is 30.0 Å². The molecule has 5 heteroatoms. The molecule has 0 unspecified atom stereocenters. The Morgan fingerprint density at radius 2 is 2.17 bits per heavy atom. The number of hydrogen-bond donors (Lipinski definition) is 0. The SMILES string of the molecule is O=Cc1ccc(Cl)nc1C(F)F. The van der Waals surface area contributed by atoms with Gasteiger partial charge in [-0.25, -0.2) is 13.8 Å². The molecule has 0 N–H and O–H groups in total. The van der Waals surface area contributed by atoms with Gasteiger partial charge in [-0.05, 0) is 12.1 Å². The summed E-state index contributed by atoms with van der Waals surface area (Å²) >= 11 is 5.36. The van der Waals surface area contributed by atoms with Crippen LogP contribution in [0.25, 0.3) is 0 Å². The van der Waals surface area contributed by atoms with Gasteiger partial charge in [-0.1, -0.05) is 11.6 Å². The van der Waals surface area contributed by atoms with Gasteiger partial charge in [-0.15, -0.1) is 0 Å². The number of rotatable bonds is 2. The average Bonchev–Trinajstić information content (AvgIpc) is 2.04. The van der Waals surface area contributed by atoms with Gasteiger partial charge >= 0.3 is 0 Å². The summed E-state index contributed by atoms with van der Waals surface area (Å²) < 4.78 is 24.2. The molecule has 1 aromatic heterocycles. The molecule has 0 aliphatic rings. The minimum atomic E-state index is -2.77. The van der Waals surface area contributed by atoms with Crippen LogP contribution in [0.2, 0.25) is 5.15 Å². The third kappa shape index (κ3) is 1.76. The molecule has 0 bridgehead atoms. The highest BCUT2D eigenvalue weighted by Gasteiger charge is 2.14. The molecule has 0 aliphatic heterocycles. The molecule has 0 radical (unpaired) electrons. The van der Waals surface area contributed by atoms with Crippen molar-refractivity contribution in [3.05, 3.63) is 28.5 Å². The Hall–Kier alpha value is -1.03. The third-order valence-corrected chi connectivity index (χ3v) is 1.47. The molecule has 64 valence electrons. The van der Waals surface area contributed by atoms with Crippen LogP contribution in [0, 0.1) is 0 Å². The molecule has 0 aromatic carbocycles. The standard InChI is InChI=1S/C7H4ClF2NO/c8-5-2-1-4(3-12)6(11-5)7(9)10/h1-3,7H. The Labute approximate surface area is 72.2 Å². The van der Waals surface area contributed by atoms with E-state index >= 15 is 0 Å². The van der Waals surface area contributed by atoms with E-state index in [0.717, 1.165) is 0 Å². The van der Waals surface area contributed by atoms with Gasteiger partial charge in [-0.3, -0.25) is 4.79 Å². The lowest BCUT2D eigenvalue weighted by Crippen LogP contribution is -1.97. The summed E-state index contributed by atoms with van der Waals surface area (Å²) in [5, 5.41) is -0.0455. The maximum atomic E-state index is 12.1. The van der Waals surface area contributed by atoms with Crippen LogP contribution in [0.5, 0.6) is 0 Å². The van der Waals surface area contributed by atoms with Gasteiger partial charge in [0.1, 0.15) is 10.8 Å². The lowest BCUT2D eigenvalue weighted by Gasteiger charge is -2.01. The van der Waals surface area contributed by atoms with Gasteiger partial charge in [0.25, 0.3) is 6.43 Å². The molecule has 1 rings (SSSR count). The Bertz CT molecular complexity index is 303. The third-order valence-electron chi connectivity index (χ3n) is 1.26. The van der Waals surface area contributed by atoms with E-state index in [1.54, 1.807) is 0 Å². The lowest BCUT2D eigenvalue weighted by molar-refractivity contribution is 0.110. The monoisotopic (exact) mass is 191 g/mol. The number of nitrogens with zero attached hydrogens (tertiary/aromatic N) is 1. The first-order valence-corrected chi connectivity index (χ1v) is 3.42. The normalized spacial score (nSPS) is 10.3. The van der Waals surface area contributed by atoms with Crippen molar-refractivity contribution in [1.29, 1.82) is 0 Å². The maximum Gasteiger partial charge on any atom is 0.281 e. The number of aldehydes is 1. The summed E-state index contributed by atoms with van der Waals surface area (Å²) in [6, 6.07) is 2.50. The molecule has 0 fully saturated rings. The van der Waals surface area contributed by atoms with E-state index in [4.69, 9.17) is 11.6 Å². The molecule has 1 aromatic rings. The van der Waals surface area contributed by atoms with Crippen LogP contribution in [-0.4, -0.2) is 11.3 Å². The summed E-state index contributed by atoms with van der Waals surface area (Å²) in [7, 11) is 0. The molecule has 2 nitrogen and oxygen atoms in total. The van der Waals surface area contributed by atoms with Gasteiger partial charge in [0.05, 0.1) is 0 Å². The number of alkyl halides is 2. The maximum absolute atomic E-state index is 12.1. The zero-order chi connectivity index (χ0) is 9.14. The second kappa shape index (κ2) is 3.58. The van der Waals surface area contributed by atoms with E-state index in [2.05, 4.69) is 4.98 Å². The van der Waals surface area contributed by atoms with Gasteiger partial charge in [-0.2, -0.15) is 0 Å². The van der Waals surface area contributed by atoms with Crippen molar-refractivity contribution >= 4 is 17.9 Å². The van der Waals surface area contributed by atoms with Crippen molar-refractivity contribution in [2.24, 2.45) is 0 Å². The molecule has 0 saturated heterocycles. The summed E-state index contributed by atoms with van der Waals surface area (Å²) in [6.07, 6.45) is -2.45. The smallest absolute Gasteiger partial charge is 0.281 e. The molecule has 1 heterocycles. The summed E-state index contributed by atoms with van der Waals surface area (Å²) in [6.45, 7) is 0. The zero-order valence-corrected chi connectivity index (χ0v) is 6.55. The molecular formula is C7H4ClF2NO. The van der Waals surface area contributed by atoms with Gasteiger partial charge in [0.2, 0.25) is 0 Å². The minimum absolute atomic E-state index is 0.0455. The average molecular weight is 192 g/mol.